The molecule has 17 heavy (non-hydrogen) atoms. The Bertz CT molecular complexity index is 331. The van der Waals surface area contributed by atoms with Crippen molar-refractivity contribution in [3.05, 3.63) is 24.0 Å². The summed E-state index contributed by atoms with van der Waals surface area (Å²) in [5.74, 6) is 0. The van der Waals surface area contributed by atoms with Crippen molar-refractivity contribution in [2.24, 2.45) is 0 Å². The van der Waals surface area contributed by atoms with Crippen molar-refractivity contribution in [3.8, 4) is 0 Å². The molecule has 1 unspecified atom stereocenters. The Hall–Kier alpha value is -0.800. The first kappa shape index (κ1) is 14.3. The van der Waals surface area contributed by atoms with E-state index >= 15 is 0 Å². The molecule has 0 saturated heterocycles. The SMILES string of the molecule is CCNC(C)c1cccn1CCC(C)(C)OC. The number of hydrogen-bond acceptors (Lipinski definition) is 2. The maximum atomic E-state index is 5.45. The van der Waals surface area contributed by atoms with Crippen molar-refractivity contribution >= 4 is 0 Å². The smallest absolute Gasteiger partial charge is 0.0639 e. The largest absolute Gasteiger partial charge is 0.379 e. The Balaban J connectivity index is 2.63. The van der Waals surface area contributed by atoms with Crippen LogP contribution in [0.15, 0.2) is 18.3 Å². The molecule has 0 fully saturated rings. The number of aromatic nitrogens is 1. The van der Waals surface area contributed by atoms with Gasteiger partial charge in [0.05, 0.1) is 5.60 Å². The number of nitrogens with one attached hydrogen (secondary N) is 1. The minimum absolute atomic E-state index is 0.0526. The molecule has 0 spiro atoms. The lowest BCUT2D eigenvalue weighted by Crippen LogP contribution is -2.26. The van der Waals surface area contributed by atoms with Gasteiger partial charge >= 0.3 is 0 Å². The fourth-order valence-electron chi connectivity index (χ4n) is 1.93. The third-order valence-corrected chi connectivity index (χ3v) is 3.33. The third-order valence-electron chi connectivity index (χ3n) is 3.33. The highest BCUT2D eigenvalue weighted by atomic mass is 16.5. The van der Waals surface area contributed by atoms with Gasteiger partial charge in [-0.25, -0.2) is 0 Å². The van der Waals surface area contributed by atoms with Crippen molar-refractivity contribution in [3.63, 3.8) is 0 Å². The van der Waals surface area contributed by atoms with Gasteiger partial charge in [0.1, 0.15) is 0 Å². The van der Waals surface area contributed by atoms with E-state index in [9.17, 15) is 0 Å². The molecule has 3 heteroatoms. The summed E-state index contributed by atoms with van der Waals surface area (Å²) < 4.78 is 7.77. The zero-order valence-corrected chi connectivity index (χ0v) is 11.8. The summed E-state index contributed by atoms with van der Waals surface area (Å²) in [7, 11) is 1.78. The fourth-order valence-corrected chi connectivity index (χ4v) is 1.93. The number of ether oxygens (including phenoxy) is 1. The number of nitrogens with zero attached hydrogens (tertiary/aromatic N) is 1. The average molecular weight is 238 g/mol. The second kappa shape index (κ2) is 6.22. The first-order chi connectivity index (χ1) is 8.00. The van der Waals surface area contributed by atoms with E-state index < -0.39 is 0 Å². The molecule has 1 aromatic heterocycles. The molecule has 0 aromatic carbocycles. The van der Waals surface area contributed by atoms with Gasteiger partial charge in [-0.2, -0.15) is 0 Å². The summed E-state index contributed by atoms with van der Waals surface area (Å²) in [6.45, 7) is 10.6. The molecular weight excluding hydrogens is 212 g/mol. The van der Waals surface area contributed by atoms with Crippen LogP contribution in [-0.4, -0.2) is 23.8 Å². The monoisotopic (exact) mass is 238 g/mol. The molecular formula is C14H26N2O. The summed E-state index contributed by atoms with van der Waals surface area (Å²) in [6.07, 6.45) is 3.17. The molecule has 1 aromatic rings. The van der Waals surface area contributed by atoms with E-state index in [1.807, 2.05) is 0 Å². The second-order valence-electron chi connectivity index (χ2n) is 5.12. The fraction of sp³-hybridized carbons (Fsp3) is 0.714. The van der Waals surface area contributed by atoms with E-state index in [-0.39, 0.29) is 5.60 Å². The van der Waals surface area contributed by atoms with Gasteiger partial charge in [0.2, 0.25) is 0 Å². The van der Waals surface area contributed by atoms with Crippen LogP contribution >= 0.6 is 0 Å². The molecule has 0 aliphatic rings. The molecule has 1 N–H and O–H groups in total. The maximum absolute atomic E-state index is 5.45. The zero-order valence-electron chi connectivity index (χ0n) is 11.8. The van der Waals surface area contributed by atoms with Crippen LogP contribution in [0.2, 0.25) is 0 Å². The zero-order chi connectivity index (χ0) is 12.9. The normalized spacial score (nSPS) is 13.9. The van der Waals surface area contributed by atoms with Crippen LogP contribution in [0.25, 0.3) is 0 Å². The summed E-state index contributed by atoms with van der Waals surface area (Å²) in [5, 5.41) is 3.45. The lowest BCUT2D eigenvalue weighted by Gasteiger charge is -2.24. The van der Waals surface area contributed by atoms with Crippen molar-refractivity contribution < 1.29 is 4.74 Å². The number of hydrogen-bond donors (Lipinski definition) is 1. The van der Waals surface area contributed by atoms with Gasteiger partial charge in [-0.3, -0.25) is 0 Å². The molecule has 3 nitrogen and oxygen atoms in total. The van der Waals surface area contributed by atoms with Gasteiger partial charge < -0.3 is 14.6 Å². The molecule has 98 valence electrons. The molecule has 0 amide bonds. The van der Waals surface area contributed by atoms with Gasteiger partial charge in [0.15, 0.2) is 0 Å². The highest BCUT2D eigenvalue weighted by Crippen LogP contribution is 2.18. The molecule has 0 aliphatic heterocycles. The van der Waals surface area contributed by atoms with Gasteiger partial charge in [-0.05, 0) is 45.9 Å². The summed E-state index contributed by atoms with van der Waals surface area (Å²) >= 11 is 0. The highest BCUT2D eigenvalue weighted by molar-refractivity contribution is 5.11. The molecule has 1 atom stereocenters. The number of methoxy groups -OCH3 is 1. The molecule has 0 bridgehead atoms. The van der Waals surface area contributed by atoms with Crippen molar-refractivity contribution in [2.45, 2.75) is 52.3 Å². The topological polar surface area (TPSA) is 26.2 Å². The quantitative estimate of drug-likeness (QED) is 0.790. The van der Waals surface area contributed by atoms with Crippen LogP contribution in [0.3, 0.4) is 0 Å². The van der Waals surface area contributed by atoms with E-state index in [1.165, 1.54) is 5.69 Å². The van der Waals surface area contributed by atoms with Crippen molar-refractivity contribution in [1.29, 1.82) is 0 Å². The lowest BCUT2D eigenvalue weighted by molar-refractivity contribution is 0.0118. The van der Waals surface area contributed by atoms with Crippen molar-refractivity contribution in [1.82, 2.24) is 9.88 Å². The second-order valence-corrected chi connectivity index (χ2v) is 5.12. The van der Waals surface area contributed by atoms with Crippen LogP contribution in [0.4, 0.5) is 0 Å². The Kier molecular flexibility index (Phi) is 5.22. The Morgan fingerprint density at radius 1 is 1.47 bits per heavy atom. The number of aryl methyl sites for hydroxylation is 1. The van der Waals surface area contributed by atoms with Crippen LogP contribution in [0.5, 0.6) is 0 Å². The molecule has 1 heterocycles. The first-order valence-corrected chi connectivity index (χ1v) is 6.43. The maximum Gasteiger partial charge on any atom is 0.0639 e. The first-order valence-electron chi connectivity index (χ1n) is 6.43. The van der Waals surface area contributed by atoms with Gasteiger partial charge in [-0.1, -0.05) is 6.92 Å². The molecule has 1 rings (SSSR count). The minimum Gasteiger partial charge on any atom is -0.379 e. The molecule has 0 aliphatic carbocycles. The van der Waals surface area contributed by atoms with Crippen LogP contribution in [0, 0.1) is 0 Å². The van der Waals surface area contributed by atoms with Gasteiger partial charge in [-0.15, -0.1) is 0 Å². The predicted octanol–water partition coefficient (Wildman–Crippen LogP) is 2.97. The van der Waals surface area contributed by atoms with Crippen molar-refractivity contribution in [2.75, 3.05) is 13.7 Å². The van der Waals surface area contributed by atoms with Gasteiger partial charge in [0.25, 0.3) is 0 Å². The van der Waals surface area contributed by atoms with Gasteiger partial charge in [0, 0.05) is 31.6 Å². The predicted molar refractivity (Wildman–Crippen MR) is 72.2 cm³/mol. The minimum atomic E-state index is -0.0526. The number of rotatable bonds is 7. The Morgan fingerprint density at radius 3 is 2.76 bits per heavy atom. The summed E-state index contributed by atoms with van der Waals surface area (Å²) in [5.41, 5.74) is 1.29. The Labute approximate surface area is 105 Å². The highest BCUT2D eigenvalue weighted by Gasteiger charge is 2.17. The van der Waals surface area contributed by atoms with E-state index in [0.717, 1.165) is 19.5 Å². The van der Waals surface area contributed by atoms with E-state index in [1.54, 1.807) is 7.11 Å². The average Bonchev–Trinajstić information content (AvgIpc) is 2.75. The van der Waals surface area contributed by atoms with Crippen LogP contribution in [0.1, 0.15) is 45.9 Å². The van der Waals surface area contributed by atoms with Crippen LogP contribution < -0.4 is 5.32 Å². The van der Waals surface area contributed by atoms with E-state index in [2.05, 4.69) is 55.9 Å². The lowest BCUT2D eigenvalue weighted by atomic mass is 10.1. The summed E-state index contributed by atoms with van der Waals surface area (Å²) in [6, 6.07) is 4.71. The van der Waals surface area contributed by atoms with E-state index in [0.29, 0.717) is 6.04 Å². The Morgan fingerprint density at radius 2 is 2.18 bits per heavy atom. The standard InChI is InChI=1S/C14H26N2O/c1-6-15-12(2)13-8-7-10-16(13)11-9-14(3,4)17-5/h7-8,10,12,15H,6,9,11H2,1-5H3. The summed E-state index contributed by atoms with van der Waals surface area (Å²) in [4.78, 5) is 0. The third kappa shape index (κ3) is 4.17. The van der Waals surface area contributed by atoms with E-state index in [4.69, 9.17) is 4.74 Å². The molecule has 0 saturated carbocycles. The van der Waals surface area contributed by atoms with Crippen LogP contribution in [-0.2, 0) is 11.3 Å². The molecule has 0 radical (unpaired) electrons.